The van der Waals surface area contributed by atoms with Crippen molar-refractivity contribution in [2.45, 2.75) is 26.3 Å². The Labute approximate surface area is 198 Å². The lowest BCUT2D eigenvalue weighted by Crippen LogP contribution is -2.26. The Morgan fingerprint density at radius 3 is 2.44 bits per heavy atom. The Morgan fingerprint density at radius 1 is 1.00 bits per heavy atom. The van der Waals surface area contributed by atoms with Crippen molar-refractivity contribution in [2.75, 3.05) is 18.5 Å². The Kier molecular flexibility index (Phi) is 8.48. The molecule has 0 aliphatic heterocycles. The average Bonchev–Trinajstić information content (AvgIpc) is 2.84. The lowest BCUT2D eigenvalue weighted by Gasteiger charge is -2.16. The van der Waals surface area contributed by atoms with E-state index in [4.69, 9.17) is 10.5 Å². The molecular weight excluding hydrogens is 432 g/mol. The van der Waals surface area contributed by atoms with Crippen LogP contribution in [-0.2, 0) is 9.53 Å². The predicted octanol–water partition coefficient (Wildman–Crippen LogP) is 3.70. The normalized spacial score (nSPS) is 11.4. The first-order valence-electron chi connectivity index (χ1n) is 11.0. The van der Waals surface area contributed by atoms with Gasteiger partial charge in [-0.2, -0.15) is 0 Å². The largest absolute Gasteiger partial charge is 0.466 e. The zero-order valence-electron chi connectivity index (χ0n) is 19.2. The van der Waals surface area contributed by atoms with Gasteiger partial charge in [-0.3, -0.25) is 19.4 Å². The van der Waals surface area contributed by atoms with Crippen molar-refractivity contribution in [1.29, 1.82) is 0 Å². The third kappa shape index (κ3) is 6.49. The van der Waals surface area contributed by atoms with Crippen LogP contribution >= 0.6 is 0 Å². The van der Waals surface area contributed by atoms with Gasteiger partial charge in [-0.15, -0.1) is 0 Å². The maximum Gasteiger partial charge on any atom is 0.307 e. The van der Waals surface area contributed by atoms with E-state index in [9.17, 15) is 14.4 Å². The molecule has 1 unspecified atom stereocenters. The lowest BCUT2D eigenvalue weighted by atomic mass is 9.92. The number of pyridine rings is 1. The third-order valence-corrected chi connectivity index (χ3v) is 5.10. The molecule has 2 aromatic carbocycles. The SMILES string of the molecule is CCOC(=O)CCNC(=O)c1cccc(-c2cc(C(=O)Nc3ccncc3)ccc2C(C)N)c1. The van der Waals surface area contributed by atoms with Gasteiger partial charge in [-0.05, 0) is 66.9 Å². The standard InChI is InChI=1S/C26H28N4O4/c1-3-34-24(31)11-14-29-25(32)19-6-4-5-18(15-19)23-16-20(7-8-22(23)17(2)27)26(33)30-21-9-12-28-13-10-21/h4-10,12-13,15-17H,3,11,14,27H2,1-2H3,(H,29,32)(H,28,30,33). The van der Waals surface area contributed by atoms with E-state index in [1.165, 1.54) is 0 Å². The summed E-state index contributed by atoms with van der Waals surface area (Å²) in [6.45, 7) is 4.08. The Morgan fingerprint density at radius 2 is 1.74 bits per heavy atom. The van der Waals surface area contributed by atoms with E-state index in [2.05, 4.69) is 15.6 Å². The first-order valence-corrected chi connectivity index (χ1v) is 11.0. The lowest BCUT2D eigenvalue weighted by molar-refractivity contribution is -0.142. The van der Waals surface area contributed by atoms with Gasteiger partial charge in [-0.25, -0.2) is 0 Å². The maximum absolute atomic E-state index is 12.8. The van der Waals surface area contributed by atoms with Crippen LogP contribution in [0.1, 0.15) is 52.6 Å². The summed E-state index contributed by atoms with van der Waals surface area (Å²) in [5.41, 5.74) is 10.1. The van der Waals surface area contributed by atoms with Gasteiger partial charge >= 0.3 is 5.97 Å². The zero-order chi connectivity index (χ0) is 24.5. The van der Waals surface area contributed by atoms with Gasteiger partial charge in [-0.1, -0.05) is 18.2 Å². The number of nitrogens with zero attached hydrogens (tertiary/aromatic N) is 1. The summed E-state index contributed by atoms with van der Waals surface area (Å²) < 4.78 is 4.87. The minimum Gasteiger partial charge on any atom is -0.466 e. The Bertz CT molecular complexity index is 1160. The molecule has 176 valence electrons. The van der Waals surface area contributed by atoms with E-state index >= 15 is 0 Å². The summed E-state index contributed by atoms with van der Waals surface area (Å²) in [4.78, 5) is 40.8. The number of esters is 1. The number of nitrogens with one attached hydrogen (secondary N) is 2. The number of amides is 2. The third-order valence-electron chi connectivity index (χ3n) is 5.10. The van der Waals surface area contributed by atoms with Gasteiger partial charge in [0.1, 0.15) is 0 Å². The first kappa shape index (κ1) is 24.6. The van der Waals surface area contributed by atoms with Gasteiger partial charge in [0, 0.05) is 41.8 Å². The smallest absolute Gasteiger partial charge is 0.307 e. The number of hydrogen-bond donors (Lipinski definition) is 3. The average molecular weight is 461 g/mol. The molecular formula is C26H28N4O4. The summed E-state index contributed by atoms with van der Waals surface area (Å²) >= 11 is 0. The summed E-state index contributed by atoms with van der Waals surface area (Å²) in [6.07, 6.45) is 3.30. The van der Waals surface area contributed by atoms with Gasteiger partial charge in [0.15, 0.2) is 0 Å². The molecule has 0 bridgehead atoms. The molecule has 0 aliphatic carbocycles. The van der Waals surface area contributed by atoms with E-state index in [0.29, 0.717) is 23.4 Å². The van der Waals surface area contributed by atoms with Crippen LogP contribution in [0.5, 0.6) is 0 Å². The van der Waals surface area contributed by atoms with Crippen LogP contribution in [0.2, 0.25) is 0 Å². The molecule has 0 spiro atoms. The van der Waals surface area contributed by atoms with Gasteiger partial charge in [0.2, 0.25) is 0 Å². The Balaban J connectivity index is 1.83. The number of carbonyl (C=O) groups excluding carboxylic acids is 3. The fraction of sp³-hybridized carbons (Fsp3) is 0.231. The van der Waals surface area contributed by atoms with Crippen molar-refractivity contribution in [3.05, 3.63) is 83.7 Å². The van der Waals surface area contributed by atoms with Crippen molar-refractivity contribution in [1.82, 2.24) is 10.3 Å². The van der Waals surface area contributed by atoms with E-state index in [0.717, 1.165) is 16.7 Å². The van der Waals surface area contributed by atoms with Crippen LogP contribution in [0.4, 0.5) is 5.69 Å². The number of carbonyl (C=O) groups is 3. The molecule has 3 aromatic rings. The number of ether oxygens (including phenoxy) is 1. The minimum atomic E-state index is -0.361. The molecule has 1 atom stereocenters. The fourth-order valence-electron chi connectivity index (χ4n) is 3.42. The summed E-state index contributed by atoms with van der Waals surface area (Å²) in [7, 11) is 0. The number of rotatable bonds is 9. The summed E-state index contributed by atoms with van der Waals surface area (Å²) in [5, 5.41) is 5.57. The second-order valence-electron chi connectivity index (χ2n) is 7.67. The molecule has 0 radical (unpaired) electrons. The molecule has 0 saturated carbocycles. The van der Waals surface area contributed by atoms with Crippen molar-refractivity contribution < 1.29 is 19.1 Å². The van der Waals surface area contributed by atoms with E-state index in [1.807, 2.05) is 19.1 Å². The summed E-state index contributed by atoms with van der Waals surface area (Å²) in [6, 6.07) is 15.5. The number of nitrogens with two attached hydrogens (primary N) is 1. The molecule has 1 heterocycles. The monoisotopic (exact) mass is 460 g/mol. The van der Waals surface area contributed by atoms with Gasteiger partial charge in [0.05, 0.1) is 13.0 Å². The second-order valence-corrected chi connectivity index (χ2v) is 7.67. The van der Waals surface area contributed by atoms with Crippen LogP contribution in [0.15, 0.2) is 67.0 Å². The maximum atomic E-state index is 12.8. The minimum absolute atomic E-state index is 0.0999. The number of aromatic nitrogens is 1. The molecule has 0 fully saturated rings. The van der Waals surface area contributed by atoms with Crippen LogP contribution in [0.3, 0.4) is 0 Å². The number of anilines is 1. The molecule has 34 heavy (non-hydrogen) atoms. The topological polar surface area (TPSA) is 123 Å². The van der Waals surface area contributed by atoms with Crippen LogP contribution in [0, 0.1) is 0 Å². The van der Waals surface area contributed by atoms with Gasteiger partial charge < -0.3 is 21.1 Å². The van der Waals surface area contributed by atoms with E-state index in [-0.39, 0.29) is 36.8 Å². The molecule has 1 aromatic heterocycles. The molecule has 2 amide bonds. The van der Waals surface area contributed by atoms with Gasteiger partial charge in [0.25, 0.3) is 11.8 Å². The summed E-state index contributed by atoms with van der Waals surface area (Å²) in [5.74, 6) is -0.934. The highest BCUT2D eigenvalue weighted by atomic mass is 16.5. The Hall–Kier alpha value is -4.04. The molecule has 3 rings (SSSR count). The molecule has 0 aliphatic rings. The number of hydrogen-bond acceptors (Lipinski definition) is 6. The van der Waals surface area contributed by atoms with Crippen LogP contribution in [-0.4, -0.2) is 35.9 Å². The van der Waals surface area contributed by atoms with Crippen LogP contribution < -0.4 is 16.4 Å². The highest BCUT2D eigenvalue weighted by Crippen LogP contribution is 2.29. The van der Waals surface area contributed by atoms with Crippen molar-refractivity contribution in [2.24, 2.45) is 5.73 Å². The fourth-order valence-corrected chi connectivity index (χ4v) is 3.42. The van der Waals surface area contributed by atoms with Crippen molar-refractivity contribution in [3.63, 3.8) is 0 Å². The highest BCUT2D eigenvalue weighted by molar-refractivity contribution is 6.05. The molecule has 8 heteroatoms. The first-order chi connectivity index (χ1) is 16.4. The van der Waals surface area contributed by atoms with E-state index < -0.39 is 0 Å². The quantitative estimate of drug-likeness (QED) is 0.418. The zero-order valence-corrected chi connectivity index (χ0v) is 19.2. The second kappa shape index (κ2) is 11.7. The highest BCUT2D eigenvalue weighted by Gasteiger charge is 2.15. The van der Waals surface area contributed by atoms with Crippen molar-refractivity contribution >= 4 is 23.5 Å². The molecule has 8 nitrogen and oxygen atoms in total. The van der Waals surface area contributed by atoms with Crippen LogP contribution in [0.25, 0.3) is 11.1 Å². The number of benzene rings is 2. The molecule has 4 N–H and O–H groups in total. The van der Waals surface area contributed by atoms with Crippen molar-refractivity contribution in [3.8, 4) is 11.1 Å². The van der Waals surface area contributed by atoms with E-state index in [1.54, 1.807) is 61.8 Å². The predicted molar refractivity (Wildman–Crippen MR) is 130 cm³/mol. The molecule has 0 saturated heterocycles.